The molecule has 0 saturated heterocycles. The molecule has 1 atom stereocenters. The van der Waals surface area contributed by atoms with E-state index in [-0.39, 0.29) is 5.97 Å². The Kier molecular flexibility index (Phi) is 4.64. The molecular formula is C24H23N2O4+. The molecule has 0 spiro atoms. The molecule has 2 aromatic carbocycles. The van der Waals surface area contributed by atoms with Crippen molar-refractivity contribution in [2.45, 2.75) is 26.9 Å². The van der Waals surface area contributed by atoms with E-state index in [4.69, 9.17) is 13.9 Å². The Morgan fingerprint density at radius 1 is 1.17 bits per heavy atom. The first-order chi connectivity index (χ1) is 14.7. The molecule has 152 valence electrons. The van der Waals surface area contributed by atoms with Crippen molar-refractivity contribution in [1.29, 1.82) is 0 Å². The molecule has 0 saturated carbocycles. The molecule has 6 heteroatoms. The smallest absolute Gasteiger partial charge is 0.342 e. The molecule has 1 aliphatic heterocycles. The lowest BCUT2D eigenvalue weighted by molar-refractivity contribution is -0.945. The highest BCUT2D eigenvalue weighted by Crippen LogP contribution is 2.42. The van der Waals surface area contributed by atoms with Gasteiger partial charge in [-0.05, 0) is 26.0 Å². The normalized spacial score (nSPS) is 15.7. The molecule has 1 aliphatic rings. The summed E-state index contributed by atoms with van der Waals surface area (Å²) in [7, 11) is 0. The SMILES string of the molecule is CCOC(=O)c1c(C)oc2c1c1c(c3ccccc32)OC[NH+](Cc2ccccn2)C1. The Balaban J connectivity index is 1.70. The van der Waals surface area contributed by atoms with Crippen LogP contribution in [-0.4, -0.2) is 24.3 Å². The predicted octanol–water partition coefficient (Wildman–Crippen LogP) is 3.40. The molecule has 30 heavy (non-hydrogen) atoms. The Morgan fingerprint density at radius 2 is 1.97 bits per heavy atom. The number of carbonyl (C=O) groups is 1. The number of hydrogen-bond acceptors (Lipinski definition) is 5. The van der Waals surface area contributed by atoms with Gasteiger partial charge in [-0.1, -0.05) is 30.3 Å². The Hall–Kier alpha value is -3.38. The number of ether oxygens (including phenoxy) is 2. The second kappa shape index (κ2) is 7.46. The van der Waals surface area contributed by atoms with Gasteiger partial charge in [-0.25, -0.2) is 4.79 Å². The number of aromatic nitrogens is 1. The molecule has 0 bridgehead atoms. The minimum absolute atomic E-state index is 0.314. The van der Waals surface area contributed by atoms with Crippen LogP contribution in [0.25, 0.3) is 21.7 Å². The zero-order valence-electron chi connectivity index (χ0n) is 17.0. The number of esters is 1. The van der Waals surface area contributed by atoms with E-state index in [0.29, 0.717) is 36.8 Å². The molecule has 0 aliphatic carbocycles. The summed E-state index contributed by atoms with van der Waals surface area (Å²) in [5.74, 6) is 1.04. The van der Waals surface area contributed by atoms with Crippen molar-refractivity contribution >= 4 is 27.7 Å². The van der Waals surface area contributed by atoms with Gasteiger partial charge < -0.3 is 13.9 Å². The molecule has 4 aromatic rings. The summed E-state index contributed by atoms with van der Waals surface area (Å²) in [6, 6.07) is 13.9. The molecule has 1 unspecified atom stereocenters. The third kappa shape index (κ3) is 3.00. The Morgan fingerprint density at radius 3 is 2.73 bits per heavy atom. The van der Waals surface area contributed by atoms with Crippen molar-refractivity contribution in [2.75, 3.05) is 13.3 Å². The van der Waals surface area contributed by atoms with E-state index in [1.54, 1.807) is 6.20 Å². The van der Waals surface area contributed by atoms with Gasteiger partial charge in [-0.2, -0.15) is 0 Å². The molecular weight excluding hydrogens is 380 g/mol. The number of hydrogen-bond donors (Lipinski definition) is 1. The number of nitrogens with one attached hydrogen (secondary N) is 1. The first-order valence-corrected chi connectivity index (χ1v) is 10.2. The molecule has 6 nitrogen and oxygen atoms in total. The van der Waals surface area contributed by atoms with Crippen molar-refractivity contribution in [3.05, 3.63) is 71.2 Å². The van der Waals surface area contributed by atoms with E-state index in [1.165, 1.54) is 4.90 Å². The van der Waals surface area contributed by atoms with Gasteiger partial charge in [0.1, 0.15) is 35.7 Å². The number of quaternary nitrogens is 1. The van der Waals surface area contributed by atoms with Gasteiger partial charge >= 0.3 is 5.97 Å². The van der Waals surface area contributed by atoms with Crippen molar-refractivity contribution in [3.63, 3.8) is 0 Å². The highest BCUT2D eigenvalue weighted by Gasteiger charge is 2.32. The van der Waals surface area contributed by atoms with Gasteiger partial charge in [-0.3, -0.25) is 9.88 Å². The third-order valence-corrected chi connectivity index (χ3v) is 5.56. The van der Waals surface area contributed by atoms with Crippen LogP contribution in [-0.2, 0) is 17.8 Å². The number of nitrogens with zero attached hydrogens (tertiary/aromatic N) is 1. The molecule has 5 rings (SSSR count). The molecule has 3 heterocycles. The third-order valence-electron chi connectivity index (χ3n) is 5.56. The minimum Gasteiger partial charge on any atom is -0.462 e. The highest BCUT2D eigenvalue weighted by atomic mass is 16.5. The van der Waals surface area contributed by atoms with Crippen LogP contribution in [0.5, 0.6) is 5.75 Å². The van der Waals surface area contributed by atoms with Crippen LogP contribution in [0, 0.1) is 6.92 Å². The second-order valence-corrected chi connectivity index (χ2v) is 7.52. The summed E-state index contributed by atoms with van der Waals surface area (Å²) in [4.78, 5) is 18.5. The second-order valence-electron chi connectivity index (χ2n) is 7.52. The quantitative estimate of drug-likeness (QED) is 0.529. The number of benzene rings is 2. The van der Waals surface area contributed by atoms with Gasteiger partial charge in [-0.15, -0.1) is 0 Å². The highest BCUT2D eigenvalue weighted by molar-refractivity contribution is 6.16. The van der Waals surface area contributed by atoms with Crippen LogP contribution in [0.1, 0.15) is 34.3 Å². The van der Waals surface area contributed by atoms with E-state index < -0.39 is 0 Å². The van der Waals surface area contributed by atoms with E-state index in [2.05, 4.69) is 4.98 Å². The molecule has 0 fully saturated rings. The van der Waals surface area contributed by atoms with Crippen LogP contribution >= 0.6 is 0 Å². The maximum atomic E-state index is 12.8. The largest absolute Gasteiger partial charge is 0.462 e. The summed E-state index contributed by atoms with van der Waals surface area (Å²) < 4.78 is 17.7. The minimum atomic E-state index is -0.358. The summed E-state index contributed by atoms with van der Waals surface area (Å²) in [5.41, 5.74) is 3.20. The van der Waals surface area contributed by atoms with E-state index >= 15 is 0 Å². The monoisotopic (exact) mass is 403 g/mol. The number of furan rings is 1. The first-order valence-electron chi connectivity index (χ1n) is 10.2. The molecule has 0 radical (unpaired) electrons. The van der Waals surface area contributed by atoms with Crippen LogP contribution in [0.2, 0.25) is 0 Å². The van der Waals surface area contributed by atoms with Gasteiger partial charge in [0.25, 0.3) is 0 Å². The van der Waals surface area contributed by atoms with Crippen molar-refractivity contribution in [2.24, 2.45) is 0 Å². The lowest BCUT2D eigenvalue weighted by atomic mass is 9.96. The zero-order valence-corrected chi connectivity index (χ0v) is 17.0. The topological polar surface area (TPSA) is 66.0 Å². The first kappa shape index (κ1) is 18.6. The zero-order chi connectivity index (χ0) is 20.7. The van der Waals surface area contributed by atoms with Crippen LogP contribution < -0.4 is 9.64 Å². The average molecular weight is 403 g/mol. The Labute approximate surface area is 174 Å². The number of aryl methyl sites for hydroxylation is 1. The van der Waals surface area contributed by atoms with Crippen molar-refractivity contribution < 1.29 is 23.6 Å². The van der Waals surface area contributed by atoms with Gasteiger partial charge in [0.2, 0.25) is 6.73 Å². The fourth-order valence-electron chi connectivity index (χ4n) is 4.31. The lowest BCUT2D eigenvalue weighted by Crippen LogP contribution is -3.11. The summed E-state index contributed by atoms with van der Waals surface area (Å²) >= 11 is 0. The van der Waals surface area contributed by atoms with Crippen molar-refractivity contribution in [3.8, 4) is 5.75 Å². The van der Waals surface area contributed by atoms with Crippen LogP contribution in [0.3, 0.4) is 0 Å². The maximum Gasteiger partial charge on any atom is 0.342 e. The summed E-state index contributed by atoms with van der Waals surface area (Å²) in [6.07, 6.45) is 1.80. The molecule has 1 N–H and O–H groups in total. The molecule has 0 amide bonds. The Bertz CT molecular complexity index is 1250. The summed E-state index contributed by atoms with van der Waals surface area (Å²) in [6.45, 7) is 5.91. The fraction of sp³-hybridized carbons (Fsp3) is 0.250. The average Bonchev–Trinajstić information content (AvgIpc) is 3.12. The standard InChI is InChI=1S/C24H22N2O4/c1-3-28-24(27)20-15(2)30-23-18-10-5-4-9-17(18)22-19(21(20)23)13-26(14-29-22)12-16-8-6-7-11-25-16/h4-11H,3,12-14H2,1-2H3/p+1. The summed E-state index contributed by atoms with van der Waals surface area (Å²) in [5, 5.41) is 2.75. The maximum absolute atomic E-state index is 12.8. The van der Waals surface area contributed by atoms with Crippen LogP contribution in [0.15, 0.2) is 53.1 Å². The predicted molar refractivity (Wildman–Crippen MR) is 113 cm³/mol. The lowest BCUT2D eigenvalue weighted by Gasteiger charge is -2.27. The van der Waals surface area contributed by atoms with E-state index in [9.17, 15) is 4.79 Å². The fourth-order valence-corrected chi connectivity index (χ4v) is 4.31. The van der Waals surface area contributed by atoms with Gasteiger partial charge in [0, 0.05) is 22.4 Å². The number of fused-ring (bicyclic) bond motifs is 6. The van der Waals surface area contributed by atoms with E-state index in [0.717, 1.165) is 39.7 Å². The van der Waals surface area contributed by atoms with Gasteiger partial charge in [0.05, 0.1) is 17.9 Å². The van der Waals surface area contributed by atoms with Gasteiger partial charge in [0.15, 0.2) is 0 Å². The number of pyridine rings is 1. The molecule has 2 aromatic heterocycles. The number of carbonyl (C=O) groups excluding carboxylic acids is 1. The van der Waals surface area contributed by atoms with Crippen molar-refractivity contribution in [1.82, 2.24) is 4.98 Å². The van der Waals surface area contributed by atoms with E-state index in [1.807, 2.05) is 56.3 Å². The number of rotatable bonds is 4. The van der Waals surface area contributed by atoms with Crippen LogP contribution in [0.4, 0.5) is 0 Å².